The molecule has 0 heterocycles. The fourth-order valence-corrected chi connectivity index (χ4v) is 1.03. The molecule has 0 aliphatic heterocycles. The fraction of sp³-hybridized carbons (Fsp3) is 0.200. The molecule has 0 saturated carbocycles. The lowest BCUT2D eigenvalue weighted by atomic mass is 10.1. The van der Waals surface area contributed by atoms with E-state index in [1.54, 1.807) is 12.1 Å². The third-order valence-electron chi connectivity index (χ3n) is 1.88. The van der Waals surface area contributed by atoms with E-state index in [1.165, 1.54) is 13.1 Å². The van der Waals surface area contributed by atoms with E-state index in [-0.39, 0.29) is 36.5 Å². The van der Waals surface area contributed by atoms with Gasteiger partial charge in [-0.15, -0.1) is 24.0 Å². The van der Waals surface area contributed by atoms with Gasteiger partial charge in [0.15, 0.2) is 5.96 Å². The van der Waals surface area contributed by atoms with Crippen LogP contribution in [0.2, 0.25) is 0 Å². The van der Waals surface area contributed by atoms with Gasteiger partial charge >= 0.3 is 0 Å². The number of halogens is 2. The van der Waals surface area contributed by atoms with Gasteiger partial charge in [0, 0.05) is 19.2 Å². The second-order valence-electron chi connectivity index (χ2n) is 2.88. The number of nitriles is 1. The Morgan fingerprint density at radius 1 is 1.62 bits per heavy atom. The summed E-state index contributed by atoms with van der Waals surface area (Å²) >= 11 is 0. The van der Waals surface area contributed by atoms with Crippen molar-refractivity contribution in [2.24, 2.45) is 10.7 Å². The van der Waals surface area contributed by atoms with Crippen molar-refractivity contribution in [1.82, 2.24) is 5.32 Å². The molecule has 0 amide bonds. The van der Waals surface area contributed by atoms with E-state index in [9.17, 15) is 4.39 Å². The number of rotatable bonds is 2. The number of benzene rings is 1. The number of nitrogens with two attached hydrogens (primary N) is 1. The number of nitrogens with zero attached hydrogens (tertiary/aromatic N) is 2. The smallest absolute Gasteiger partial charge is 0.188 e. The summed E-state index contributed by atoms with van der Waals surface area (Å²) in [6, 6.07) is 6.15. The first-order valence-electron chi connectivity index (χ1n) is 4.32. The average molecular weight is 334 g/mol. The van der Waals surface area contributed by atoms with Crippen molar-refractivity contribution in [3.05, 3.63) is 35.1 Å². The molecule has 3 N–H and O–H groups in total. The van der Waals surface area contributed by atoms with Crippen LogP contribution in [0.3, 0.4) is 0 Å². The van der Waals surface area contributed by atoms with Crippen molar-refractivity contribution in [3.63, 3.8) is 0 Å². The molecule has 0 spiro atoms. The molecule has 0 saturated heterocycles. The Balaban J connectivity index is 0.00000225. The van der Waals surface area contributed by atoms with Crippen LogP contribution < -0.4 is 11.1 Å². The first-order valence-corrected chi connectivity index (χ1v) is 4.32. The summed E-state index contributed by atoms with van der Waals surface area (Å²) in [5.74, 6) is -0.177. The van der Waals surface area contributed by atoms with Crippen LogP contribution in [0, 0.1) is 17.1 Å². The van der Waals surface area contributed by atoms with Crippen LogP contribution in [0.1, 0.15) is 11.1 Å². The lowest BCUT2D eigenvalue weighted by Crippen LogP contribution is -2.31. The lowest BCUT2D eigenvalue weighted by molar-refractivity contribution is 0.605. The van der Waals surface area contributed by atoms with E-state index >= 15 is 0 Å². The Kier molecular flexibility index (Phi) is 6.41. The van der Waals surface area contributed by atoms with Gasteiger partial charge in [-0.05, 0) is 12.1 Å². The Hall–Kier alpha value is -1.36. The third-order valence-corrected chi connectivity index (χ3v) is 1.88. The summed E-state index contributed by atoms with van der Waals surface area (Å²) in [7, 11) is 1.54. The van der Waals surface area contributed by atoms with Gasteiger partial charge in [-0.2, -0.15) is 5.26 Å². The molecule has 0 radical (unpaired) electrons. The molecule has 0 bridgehead atoms. The lowest BCUT2D eigenvalue weighted by Gasteiger charge is -2.05. The quantitative estimate of drug-likeness (QED) is 0.487. The van der Waals surface area contributed by atoms with Crippen molar-refractivity contribution >= 4 is 29.9 Å². The number of hydrogen-bond donors (Lipinski definition) is 2. The molecular weight excluding hydrogens is 322 g/mol. The van der Waals surface area contributed by atoms with Crippen LogP contribution in [0.5, 0.6) is 0 Å². The maximum absolute atomic E-state index is 13.3. The zero-order valence-corrected chi connectivity index (χ0v) is 11.0. The molecule has 0 aromatic heterocycles. The van der Waals surface area contributed by atoms with Gasteiger partial charge < -0.3 is 11.1 Å². The molecule has 1 aromatic carbocycles. The molecule has 0 unspecified atom stereocenters. The van der Waals surface area contributed by atoms with Gasteiger partial charge in [-0.25, -0.2) is 4.39 Å². The van der Waals surface area contributed by atoms with E-state index < -0.39 is 5.82 Å². The highest BCUT2D eigenvalue weighted by molar-refractivity contribution is 14.0. The molecule has 16 heavy (non-hydrogen) atoms. The third kappa shape index (κ3) is 4.02. The second-order valence-corrected chi connectivity index (χ2v) is 2.88. The van der Waals surface area contributed by atoms with E-state index in [0.717, 1.165) is 0 Å². The van der Waals surface area contributed by atoms with E-state index in [2.05, 4.69) is 10.3 Å². The first kappa shape index (κ1) is 14.6. The summed E-state index contributed by atoms with van der Waals surface area (Å²) in [6.07, 6.45) is 0. The fourth-order valence-electron chi connectivity index (χ4n) is 1.03. The van der Waals surface area contributed by atoms with Crippen molar-refractivity contribution < 1.29 is 4.39 Å². The summed E-state index contributed by atoms with van der Waals surface area (Å²) in [5, 5.41) is 11.3. The molecule has 6 heteroatoms. The van der Waals surface area contributed by atoms with Crippen LogP contribution >= 0.6 is 24.0 Å². The molecule has 4 nitrogen and oxygen atoms in total. The minimum Gasteiger partial charge on any atom is -0.370 e. The van der Waals surface area contributed by atoms with Crippen molar-refractivity contribution in [3.8, 4) is 6.07 Å². The predicted molar refractivity (Wildman–Crippen MR) is 70.9 cm³/mol. The maximum Gasteiger partial charge on any atom is 0.188 e. The molecule has 1 rings (SSSR count). The van der Waals surface area contributed by atoms with Crippen LogP contribution in [-0.4, -0.2) is 13.0 Å². The Bertz CT molecular complexity index is 425. The topological polar surface area (TPSA) is 74.2 Å². The first-order chi connectivity index (χ1) is 7.17. The maximum atomic E-state index is 13.3. The van der Waals surface area contributed by atoms with Crippen LogP contribution in [0.15, 0.2) is 23.2 Å². The normalized spacial score (nSPS) is 10.2. The Labute approximate surface area is 110 Å². The van der Waals surface area contributed by atoms with Crippen LogP contribution in [-0.2, 0) is 6.54 Å². The van der Waals surface area contributed by atoms with Gasteiger partial charge in [0.25, 0.3) is 0 Å². The Morgan fingerprint density at radius 3 is 2.81 bits per heavy atom. The summed E-state index contributed by atoms with van der Waals surface area (Å²) < 4.78 is 13.3. The van der Waals surface area contributed by atoms with Crippen molar-refractivity contribution in [2.75, 3.05) is 7.05 Å². The van der Waals surface area contributed by atoms with Crippen LogP contribution in [0.25, 0.3) is 0 Å². The van der Waals surface area contributed by atoms with E-state index in [4.69, 9.17) is 11.0 Å². The van der Waals surface area contributed by atoms with Crippen molar-refractivity contribution in [2.45, 2.75) is 6.54 Å². The van der Waals surface area contributed by atoms with E-state index in [0.29, 0.717) is 11.1 Å². The van der Waals surface area contributed by atoms with Crippen molar-refractivity contribution in [1.29, 1.82) is 5.26 Å². The Morgan fingerprint density at radius 2 is 2.31 bits per heavy atom. The SMILES string of the molecule is CN=C(N)NCc1ccc(C#N)cc1F.I. The molecule has 86 valence electrons. The van der Waals surface area contributed by atoms with Gasteiger partial charge in [0.2, 0.25) is 0 Å². The van der Waals surface area contributed by atoms with Crippen LogP contribution in [0.4, 0.5) is 4.39 Å². The zero-order chi connectivity index (χ0) is 11.3. The zero-order valence-electron chi connectivity index (χ0n) is 8.70. The van der Waals surface area contributed by atoms with Gasteiger partial charge in [-0.3, -0.25) is 4.99 Å². The van der Waals surface area contributed by atoms with E-state index in [1.807, 2.05) is 6.07 Å². The summed E-state index contributed by atoms with van der Waals surface area (Å²) in [5.41, 5.74) is 6.14. The monoisotopic (exact) mass is 334 g/mol. The predicted octanol–water partition coefficient (Wildman–Crippen LogP) is 1.35. The van der Waals surface area contributed by atoms with Gasteiger partial charge in [-0.1, -0.05) is 6.07 Å². The highest BCUT2D eigenvalue weighted by Gasteiger charge is 2.03. The molecule has 0 atom stereocenters. The molecule has 0 fully saturated rings. The average Bonchev–Trinajstić information content (AvgIpc) is 2.26. The minimum atomic E-state index is -0.426. The number of nitrogens with one attached hydrogen (secondary N) is 1. The number of aliphatic imine (C=N–C) groups is 1. The summed E-state index contributed by atoms with van der Waals surface area (Å²) in [4.78, 5) is 3.68. The standard InChI is InChI=1S/C10H11FN4.HI/c1-14-10(13)15-6-8-3-2-7(5-12)4-9(8)11;/h2-4H,6H2,1H3,(H3,13,14,15);1H. The highest BCUT2D eigenvalue weighted by atomic mass is 127. The van der Waals surface area contributed by atoms with Gasteiger partial charge in [0.1, 0.15) is 5.82 Å². The molecular formula is C10H12FIN4. The molecule has 0 aliphatic carbocycles. The van der Waals surface area contributed by atoms with Gasteiger partial charge in [0.05, 0.1) is 11.6 Å². The molecule has 0 aliphatic rings. The number of guanidine groups is 1. The highest BCUT2D eigenvalue weighted by Crippen LogP contribution is 2.09. The molecule has 1 aromatic rings. The minimum absolute atomic E-state index is 0. The largest absolute Gasteiger partial charge is 0.370 e. The number of hydrogen-bond acceptors (Lipinski definition) is 2. The second kappa shape index (κ2) is 7.00. The summed E-state index contributed by atoms with van der Waals surface area (Å²) in [6.45, 7) is 0.251.